The topological polar surface area (TPSA) is 9.72 Å². The molecule has 0 unspecified atom stereocenters. The van der Waals surface area contributed by atoms with Crippen molar-refractivity contribution in [1.82, 2.24) is 9.80 Å². The molecule has 2 rings (SSSR count). The summed E-state index contributed by atoms with van der Waals surface area (Å²) >= 11 is 0. The molecule has 0 aromatic heterocycles. The number of benzene rings is 1. The first-order chi connectivity index (χ1) is 12.2. The van der Waals surface area contributed by atoms with Crippen LogP contribution in [-0.2, 0) is 0 Å². The molecule has 0 N–H and O–H groups in total. The van der Waals surface area contributed by atoms with Gasteiger partial charge in [0.1, 0.15) is 0 Å². The van der Waals surface area contributed by atoms with Gasteiger partial charge in [-0.3, -0.25) is 4.90 Å². The molecular weight excluding hydrogens is 306 g/mol. The number of rotatable bonds is 7. The third-order valence-electron chi connectivity index (χ3n) is 3.87. The summed E-state index contributed by atoms with van der Waals surface area (Å²) in [4.78, 5) is 7.02. The molecule has 1 saturated heterocycles. The number of para-hydroxylation sites is 1. The highest BCUT2D eigenvalue weighted by molar-refractivity contribution is 5.46. The number of hydrogen-bond acceptors (Lipinski definition) is 3. The second-order valence-corrected chi connectivity index (χ2v) is 6.21. The van der Waals surface area contributed by atoms with Crippen molar-refractivity contribution in [3.05, 3.63) is 79.9 Å². The highest BCUT2D eigenvalue weighted by atomic mass is 15.3. The van der Waals surface area contributed by atoms with Gasteiger partial charge in [0.25, 0.3) is 0 Å². The van der Waals surface area contributed by atoms with Crippen LogP contribution in [-0.4, -0.2) is 63.2 Å². The van der Waals surface area contributed by atoms with Crippen molar-refractivity contribution in [3.63, 3.8) is 0 Å². The zero-order valence-electron chi connectivity index (χ0n) is 15.8. The summed E-state index contributed by atoms with van der Waals surface area (Å²) in [5.41, 5.74) is 1.34. The van der Waals surface area contributed by atoms with Crippen molar-refractivity contribution < 1.29 is 0 Å². The van der Waals surface area contributed by atoms with E-state index in [1.807, 2.05) is 32.3 Å². The van der Waals surface area contributed by atoms with E-state index >= 15 is 0 Å². The van der Waals surface area contributed by atoms with E-state index in [9.17, 15) is 0 Å². The van der Waals surface area contributed by atoms with Crippen molar-refractivity contribution in [1.29, 1.82) is 0 Å². The molecule has 1 aliphatic rings. The van der Waals surface area contributed by atoms with Crippen molar-refractivity contribution in [3.8, 4) is 0 Å². The molecule has 0 spiro atoms. The van der Waals surface area contributed by atoms with Gasteiger partial charge < -0.3 is 9.80 Å². The molecule has 0 atom stereocenters. The molecule has 1 aliphatic heterocycles. The van der Waals surface area contributed by atoms with E-state index in [2.05, 4.69) is 70.3 Å². The van der Waals surface area contributed by atoms with Gasteiger partial charge in [-0.05, 0) is 26.2 Å². The van der Waals surface area contributed by atoms with E-state index < -0.39 is 0 Å². The van der Waals surface area contributed by atoms with Crippen LogP contribution in [0.25, 0.3) is 0 Å². The molecule has 1 aromatic carbocycles. The number of piperazine rings is 1. The molecule has 1 fully saturated rings. The molecule has 136 valence electrons. The maximum atomic E-state index is 3.68. The van der Waals surface area contributed by atoms with Crippen LogP contribution in [0.5, 0.6) is 0 Å². The predicted octanol–water partition coefficient (Wildman–Crippen LogP) is 3.84. The van der Waals surface area contributed by atoms with E-state index in [0.29, 0.717) is 0 Å². The third-order valence-corrected chi connectivity index (χ3v) is 3.87. The summed E-state index contributed by atoms with van der Waals surface area (Å²) < 4.78 is 0. The Labute approximate surface area is 154 Å². The molecular formula is C22H33N3. The van der Waals surface area contributed by atoms with Gasteiger partial charge >= 0.3 is 0 Å². The zero-order chi connectivity index (χ0) is 18.3. The minimum absolute atomic E-state index is 0.992. The van der Waals surface area contributed by atoms with Crippen molar-refractivity contribution in [2.24, 2.45) is 0 Å². The summed E-state index contributed by atoms with van der Waals surface area (Å²) in [6, 6.07) is 10.7. The van der Waals surface area contributed by atoms with E-state index in [1.54, 1.807) is 6.08 Å². The summed E-state index contributed by atoms with van der Waals surface area (Å²) in [5.74, 6) is 0. The van der Waals surface area contributed by atoms with Gasteiger partial charge in [-0.25, -0.2) is 0 Å². The lowest BCUT2D eigenvalue weighted by Crippen LogP contribution is -2.46. The Bertz CT molecular complexity index is 523. The van der Waals surface area contributed by atoms with Crippen LogP contribution in [0.4, 0.5) is 5.69 Å². The number of hydrogen-bond donors (Lipinski definition) is 0. The maximum absolute atomic E-state index is 3.68. The Balaban J connectivity index is 0.000000333. The lowest BCUT2D eigenvalue weighted by molar-refractivity contribution is 0.284. The van der Waals surface area contributed by atoms with Crippen LogP contribution in [0.3, 0.4) is 0 Å². The van der Waals surface area contributed by atoms with Crippen molar-refractivity contribution >= 4 is 5.69 Å². The fraction of sp³-hybridized carbons (Fsp3) is 0.364. The zero-order valence-corrected chi connectivity index (χ0v) is 15.8. The summed E-state index contributed by atoms with van der Waals surface area (Å²) in [5, 5.41) is 0. The van der Waals surface area contributed by atoms with Crippen LogP contribution in [0.2, 0.25) is 0 Å². The Morgan fingerprint density at radius 1 is 0.920 bits per heavy atom. The minimum Gasteiger partial charge on any atom is -0.369 e. The van der Waals surface area contributed by atoms with Crippen LogP contribution in [0.15, 0.2) is 79.9 Å². The molecule has 0 bridgehead atoms. The van der Waals surface area contributed by atoms with Gasteiger partial charge in [0.15, 0.2) is 0 Å². The molecule has 3 heteroatoms. The summed E-state index contributed by atoms with van der Waals surface area (Å²) in [6.07, 6.45) is 11.8. The van der Waals surface area contributed by atoms with Crippen LogP contribution in [0, 0.1) is 0 Å². The molecule has 25 heavy (non-hydrogen) atoms. The molecule has 0 aliphatic carbocycles. The lowest BCUT2D eigenvalue weighted by atomic mass is 10.2. The van der Waals surface area contributed by atoms with Crippen molar-refractivity contribution in [2.45, 2.75) is 0 Å². The monoisotopic (exact) mass is 339 g/mol. The first-order valence-corrected chi connectivity index (χ1v) is 8.89. The third kappa shape index (κ3) is 9.70. The normalized spacial score (nSPS) is 15.4. The number of anilines is 1. The highest BCUT2D eigenvalue weighted by Gasteiger charge is 2.15. The minimum atomic E-state index is 0.992. The van der Waals surface area contributed by atoms with Gasteiger partial charge in [-0.1, -0.05) is 67.8 Å². The van der Waals surface area contributed by atoms with E-state index in [4.69, 9.17) is 0 Å². The standard InChI is InChI=1S/C15H20N2.C7H13N/c1-2-3-7-10-16-11-13-17(14-12-16)15-8-5-4-6-9-15;1-4-5-6-7-8(2)3/h2-9H,1,10-14H2;4-6H,1,7H2,2-3H3/b7-3-;6-5+. The Morgan fingerprint density at radius 2 is 1.52 bits per heavy atom. The summed E-state index contributed by atoms with van der Waals surface area (Å²) in [6.45, 7) is 13.8. The second-order valence-electron chi connectivity index (χ2n) is 6.21. The average molecular weight is 340 g/mol. The maximum Gasteiger partial charge on any atom is 0.0367 e. The fourth-order valence-electron chi connectivity index (χ4n) is 2.50. The van der Waals surface area contributed by atoms with Gasteiger partial charge in [-0.15, -0.1) is 0 Å². The van der Waals surface area contributed by atoms with E-state index in [-0.39, 0.29) is 0 Å². The highest BCUT2D eigenvalue weighted by Crippen LogP contribution is 2.15. The van der Waals surface area contributed by atoms with Gasteiger partial charge in [-0.2, -0.15) is 0 Å². The number of nitrogens with zero attached hydrogens (tertiary/aromatic N) is 3. The predicted molar refractivity (Wildman–Crippen MR) is 112 cm³/mol. The first kappa shape index (κ1) is 20.9. The second kappa shape index (κ2) is 13.2. The smallest absolute Gasteiger partial charge is 0.0367 e. The number of likely N-dealkylation sites (N-methyl/N-ethyl adjacent to an activating group) is 1. The largest absolute Gasteiger partial charge is 0.369 e. The molecule has 0 radical (unpaired) electrons. The van der Waals surface area contributed by atoms with E-state index in [1.165, 1.54) is 5.69 Å². The van der Waals surface area contributed by atoms with Crippen molar-refractivity contribution in [2.75, 3.05) is 58.3 Å². The Hall–Kier alpha value is -2.10. The van der Waals surface area contributed by atoms with Crippen LogP contribution >= 0.6 is 0 Å². The molecule has 0 amide bonds. The van der Waals surface area contributed by atoms with Crippen LogP contribution in [0.1, 0.15) is 0 Å². The van der Waals surface area contributed by atoms with E-state index in [0.717, 1.165) is 39.3 Å². The molecule has 1 heterocycles. The quantitative estimate of drug-likeness (QED) is 0.699. The number of allylic oxidation sites excluding steroid dienone is 4. The molecule has 1 aromatic rings. The van der Waals surface area contributed by atoms with Gasteiger partial charge in [0.05, 0.1) is 0 Å². The van der Waals surface area contributed by atoms with Gasteiger partial charge in [0.2, 0.25) is 0 Å². The Kier molecular flexibility index (Phi) is 11.1. The molecule has 0 saturated carbocycles. The lowest BCUT2D eigenvalue weighted by Gasteiger charge is -2.35. The van der Waals surface area contributed by atoms with Crippen LogP contribution < -0.4 is 4.90 Å². The summed E-state index contributed by atoms with van der Waals surface area (Å²) in [7, 11) is 4.07. The molecule has 3 nitrogen and oxygen atoms in total. The SMILES string of the molecule is C=C/C=C/CN(C)C.C=C/C=C\CN1CCN(c2ccccc2)CC1. The Morgan fingerprint density at radius 3 is 2.08 bits per heavy atom. The van der Waals surface area contributed by atoms with Gasteiger partial charge in [0, 0.05) is 45.0 Å². The fourth-order valence-corrected chi connectivity index (χ4v) is 2.50. The first-order valence-electron chi connectivity index (χ1n) is 8.89. The average Bonchev–Trinajstić information content (AvgIpc) is 2.64.